The molecular formula is C24H31F4N3O2S. The Balaban J connectivity index is 1.69. The Hall–Kier alpha value is -2.33. The third-order valence-corrected chi connectivity index (χ3v) is 6.75. The Morgan fingerprint density at radius 1 is 1.12 bits per heavy atom. The fourth-order valence-electron chi connectivity index (χ4n) is 4.10. The molecule has 0 bridgehead atoms. The molecule has 0 aromatic heterocycles. The number of rotatable bonds is 8. The van der Waals surface area contributed by atoms with Crippen molar-refractivity contribution >= 4 is 21.4 Å². The second-order valence-corrected chi connectivity index (χ2v) is 10.9. The number of benzene rings is 2. The molecule has 10 heteroatoms. The Kier molecular flexibility index (Phi) is 8.13. The minimum absolute atomic E-state index is 0.101. The van der Waals surface area contributed by atoms with Crippen LogP contribution in [0.2, 0.25) is 0 Å². The molecule has 1 atom stereocenters. The molecule has 2 aromatic carbocycles. The van der Waals surface area contributed by atoms with Crippen LogP contribution in [0.4, 0.5) is 28.9 Å². The first kappa shape index (κ1) is 26.3. The lowest BCUT2D eigenvalue weighted by Gasteiger charge is -2.34. The van der Waals surface area contributed by atoms with Crippen LogP contribution >= 0.6 is 0 Å². The third-order valence-electron chi connectivity index (χ3n) is 6.16. The Labute approximate surface area is 198 Å². The lowest BCUT2D eigenvalue weighted by Crippen LogP contribution is -2.34. The summed E-state index contributed by atoms with van der Waals surface area (Å²) in [5.41, 5.74) is 1.30. The highest BCUT2D eigenvalue weighted by atomic mass is 32.2. The first-order valence-electron chi connectivity index (χ1n) is 11.3. The Morgan fingerprint density at radius 2 is 1.79 bits per heavy atom. The Bertz CT molecular complexity index is 1100. The molecule has 0 aliphatic carbocycles. The van der Waals surface area contributed by atoms with E-state index in [-0.39, 0.29) is 11.6 Å². The molecule has 0 amide bonds. The summed E-state index contributed by atoms with van der Waals surface area (Å²) in [6, 6.07) is 8.20. The standard InChI is InChI=1S/C24H31F4N3O2S/c1-16-8-10-31(11-9-16)23-13-20(24(26,27)28)6-4-19(23)15-29-14-17(2)18-5-7-22(21(25)12-18)30-34(3,32)33/h4-7,12-13,16-17,29-30H,8-11,14-15H2,1-3H3. The predicted octanol–water partition coefficient (Wildman–Crippen LogP) is 5.35. The number of hydrogen-bond acceptors (Lipinski definition) is 4. The molecule has 1 aliphatic heterocycles. The van der Waals surface area contributed by atoms with Crippen molar-refractivity contribution in [3.63, 3.8) is 0 Å². The van der Waals surface area contributed by atoms with E-state index >= 15 is 0 Å². The molecule has 0 saturated carbocycles. The first-order chi connectivity index (χ1) is 15.8. The van der Waals surface area contributed by atoms with E-state index in [2.05, 4.69) is 17.0 Å². The fraction of sp³-hybridized carbons (Fsp3) is 0.500. The molecule has 1 heterocycles. The van der Waals surface area contributed by atoms with Gasteiger partial charge in [0.2, 0.25) is 10.0 Å². The number of nitrogens with one attached hydrogen (secondary N) is 2. The smallest absolute Gasteiger partial charge is 0.371 e. The molecular weight excluding hydrogens is 470 g/mol. The van der Waals surface area contributed by atoms with E-state index in [9.17, 15) is 26.0 Å². The average molecular weight is 502 g/mol. The molecule has 2 N–H and O–H groups in total. The van der Waals surface area contributed by atoms with Crippen molar-refractivity contribution in [2.75, 3.05) is 35.5 Å². The summed E-state index contributed by atoms with van der Waals surface area (Å²) in [5, 5.41) is 3.28. The van der Waals surface area contributed by atoms with E-state index < -0.39 is 27.6 Å². The van der Waals surface area contributed by atoms with Crippen LogP contribution in [0.3, 0.4) is 0 Å². The van der Waals surface area contributed by atoms with Gasteiger partial charge in [-0.1, -0.05) is 26.0 Å². The van der Waals surface area contributed by atoms with E-state index in [0.717, 1.165) is 43.8 Å². The van der Waals surface area contributed by atoms with Crippen LogP contribution in [0.1, 0.15) is 49.3 Å². The van der Waals surface area contributed by atoms with Gasteiger partial charge in [-0.2, -0.15) is 13.2 Å². The van der Waals surface area contributed by atoms with Crippen molar-refractivity contribution in [2.45, 2.75) is 45.3 Å². The van der Waals surface area contributed by atoms with Crippen molar-refractivity contribution in [3.05, 3.63) is 58.9 Å². The van der Waals surface area contributed by atoms with Crippen molar-refractivity contribution < 1.29 is 26.0 Å². The van der Waals surface area contributed by atoms with Gasteiger partial charge >= 0.3 is 6.18 Å². The normalized spacial score (nSPS) is 16.5. The molecule has 1 unspecified atom stereocenters. The number of piperidine rings is 1. The van der Waals surface area contributed by atoms with Gasteiger partial charge in [-0.05, 0) is 60.1 Å². The van der Waals surface area contributed by atoms with Crippen molar-refractivity contribution in [3.8, 4) is 0 Å². The monoisotopic (exact) mass is 501 g/mol. The van der Waals surface area contributed by atoms with Crippen LogP contribution in [0, 0.1) is 11.7 Å². The van der Waals surface area contributed by atoms with Gasteiger partial charge in [-0.3, -0.25) is 4.72 Å². The van der Waals surface area contributed by atoms with E-state index in [0.29, 0.717) is 30.3 Å². The molecule has 3 rings (SSSR count). The number of halogens is 4. The van der Waals surface area contributed by atoms with Gasteiger partial charge in [-0.25, -0.2) is 12.8 Å². The van der Waals surface area contributed by atoms with E-state index in [4.69, 9.17) is 0 Å². The van der Waals surface area contributed by atoms with Crippen LogP contribution in [-0.2, 0) is 22.7 Å². The highest BCUT2D eigenvalue weighted by Gasteiger charge is 2.32. The molecule has 2 aromatic rings. The summed E-state index contributed by atoms with van der Waals surface area (Å²) < 4.78 is 79.1. The maximum absolute atomic E-state index is 14.3. The summed E-state index contributed by atoms with van der Waals surface area (Å²) in [4.78, 5) is 2.03. The Morgan fingerprint density at radius 3 is 2.38 bits per heavy atom. The molecule has 0 spiro atoms. The molecule has 5 nitrogen and oxygen atoms in total. The number of nitrogens with zero attached hydrogens (tertiary/aromatic N) is 1. The molecule has 1 aliphatic rings. The second kappa shape index (κ2) is 10.5. The zero-order valence-electron chi connectivity index (χ0n) is 19.5. The van der Waals surface area contributed by atoms with Crippen LogP contribution in [0.5, 0.6) is 0 Å². The fourth-order valence-corrected chi connectivity index (χ4v) is 4.66. The van der Waals surface area contributed by atoms with Gasteiger partial charge in [0.1, 0.15) is 5.82 Å². The zero-order valence-corrected chi connectivity index (χ0v) is 20.4. The van der Waals surface area contributed by atoms with Crippen LogP contribution in [-0.4, -0.2) is 34.3 Å². The maximum atomic E-state index is 14.3. The minimum atomic E-state index is -4.40. The summed E-state index contributed by atoms with van der Waals surface area (Å²) >= 11 is 0. The van der Waals surface area contributed by atoms with Gasteiger partial charge in [-0.15, -0.1) is 0 Å². The molecule has 1 fully saturated rings. The van der Waals surface area contributed by atoms with Crippen LogP contribution in [0.25, 0.3) is 0 Å². The third kappa shape index (κ3) is 7.09. The van der Waals surface area contributed by atoms with E-state index in [1.807, 2.05) is 11.8 Å². The zero-order chi connectivity index (χ0) is 25.1. The first-order valence-corrected chi connectivity index (χ1v) is 13.2. The SMILES string of the molecule is CC1CCN(c2cc(C(F)(F)F)ccc2CNCC(C)c2ccc(NS(C)(=O)=O)c(F)c2)CC1. The predicted molar refractivity (Wildman–Crippen MR) is 127 cm³/mol. The molecule has 34 heavy (non-hydrogen) atoms. The number of hydrogen-bond donors (Lipinski definition) is 2. The highest BCUT2D eigenvalue weighted by molar-refractivity contribution is 7.92. The van der Waals surface area contributed by atoms with Gasteiger partial charge < -0.3 is 10.2 Å². The van der Waals surface area contributed by atoms with Crippen LogP contribution < -0.4 is 14.9 Å². The molecule has 188 valence electrons. The quantitative estimate of drug-likeness (QED) is 0.479. The molecule has 1 saturated heterocycles. The lowest BCUT2D eigenvalue weighted by atomic mass is 9.97. The minimum Gasteiger partial charge on any atom is -0.371 e. The van der Waals surface area contributed by atoms with Crippen molar-refractivity contribution in [1.29, 1.82) is 0 Å². The van der Waals surface area contributed by atoms with E-state index in [1.54, 1.807) is 6.07 Å². The second-order valence-electron chi connectivity index (χ2n) is 9.16. The average Bonchev–Trinajstić information content (AvgIpc) is 2.74. The van der Waals surface area contributed by atoms with Crippen molar-refractivity contribution in [2.24, 2.45) is 5.92 Å². The maximum Gasteiger partial charge on any atom is 0.416 e. The van der Waals surface area contributed by atoms with Crippen LogP contribution in [0.15, 0.2) is 36.4 Å². The van der Waals surface area contributed by atoms with Crippen molar-refractivity contribution in [1.82, 2.24) is 5.32 Å². The number of alkyl halides is 3. The van der Waals surface area contributed by atoms with Gasteiger partial charge in [0.25, 0.3) is 0 Å². The number of anilines is 2. The van der Waals surface area contributed by atoms with Gasteiger partial charge in [0.05, 0.1) is 17.5 Å². The summed E-state index contributed by atoms with van der Waals surface area (Å²) in [6.07, 6.45) is -1.57. The van der Waals surface area contributed by atoms with Gasteiger partial charge in [0, 0.05) is 31.9 Å². The highest BCUT2D eigenvalue weighted by Crippen LogP contribution is 2.35. The number of sulfonamides is 1. The van der Waals surface area contributed by atoms with E-state index in [1.165, 1.54) is 24.3 Å². The van der Waals surface area contributed by atoms with Gasteiger partial charge in [0.15, 0.2) is 0 Å². The molecule has 0 radical (unpaired) electrons. The largest absolute Gasteiger partial charge is 0.416 e. The lowest BCUT2D eigenvalue weighted by molar-refractivity contribution is -0.137. The topological polar surface area (TPSA) is 61.4 Å². The summed E-state index contributed by atoms with van der Waals surface area (Å²) in [7, 11) is -3.58. The summed E-state index contributed by atoms with van der Waals surface area (Å²) in [5.74, 6) is -0.210. The summed E-state index contributed by atoms with van der Waals surface area (Å²) in [6.45, 7) is 6.33.